The van der Waals surface area contributed by atoms with Crippen molar-refractivity contribution in [3.8, 4) is 5.75 Å². The minimum atomic E-state index is 0.0636. The first-order chi connectivity index (χ1) is 13.7. The number of nitrogens with two attached hydrogens (primary N) is 1. The quantitative estimate of drug-likeness (QED) is 0.888. The van der Waals surface area contributed by atoms with Crippen molar-refractivity contribution in [2.24, 2.45) is 5.92 Å². The number of carbonyl (C=O) groups is 1. The Morgan fingerprint density at radius 3 is 2.64 bits per heavy atom. The molecule has 0 aliphatic carbocycles. The highest BCUT2D eigenvalue weighted by molar-refractivity contribution is 5.94. The van der Waals surface area contributed by atoms with Crippen molar-refractivity contribution in [3.05, 3.63) is 53.7 Å². The second kappa shape index (κ2) is 6.78. The summed E-state index contributed by atoms with van der Waals surface area (Å²) in [4.78, 5) is 22.2. The molecule has 2 N–H and O–H groups in total. The number of pyridine rings is 1. The second-order valence-electron chi connectivity index (χ2n) is 8.13. The number of carbonyl (C=O) groups excluding carboxylic acids is 1. The highest BCUT2D eigenvalue weighted by Gasteiger charge is 2.55. The van der Waals surface area contributed by atoms with E-state index >= 15 is 0 Å². The fourth-order valence-electron chi connectivity index (χ4n) is 5.60. The number of hydrogen-bond acceptors (Lipinski definition) is 5. The predicted molar refractivity (Wildman–Crippen MR) is 107 cm³/mol. The zero-order valence-electron chi connectivity index (χ0n) is 16.1. The van der Waals surface area contributed by atoms with Crippen molar-refractivity contribution in [2.75, 3.05) is 32.5 Å². The Balaban J connectivity index is 1.54. The standard InChI is InChI=1S/C22H26N4O2/c1-28-18-5-3-2-4-16(18)17-13-26(22(27)15-6-7-19(23)24-12-15)20-14-8-10-25(11-9-14)21(17)20/h2-7,12,14,17,20-21H,8-11,13H2,1H3,(H2,23,24)/t17-,20-,21-/m0/s1. The third kappa shape index (κ3) is 2.66. The number of nitrogen functional groups attached to an aromatic ring is 1. The lowest BCUT2D eigenvalue weighted by Crippen LogP contribution is -2.60. The molecule has 4 aliphatic heterocycles. The van der Waals surface area contributed by atoms with Gasteiger partial charge in [0, 0.05) is 30.3 Å². The molecular formula is C22H26N4O2. The van der Waals surface area contributed by atoms with Crippen LogP contribution in [-0.4, -0.2) is 59.5 Å². The molecule has 0 saturated carbocycles. The Bertz CT molecular complexity index is 876. The number of aromatic nitrogens is 1. The van der Waals surface area contributed by atoms with E-state index in [4.69, 9.17) is 10.5 Å². The van der Waals surface area contributed by atoms with E-state index in [1.807, 2.05) is 12.1 Å². The van der Waals surface area contributed by atoms with Crippen LogP contribution in [0.1, 0.15) is 34.7 Å². The fourth-order valence-corrected chi connectivity index (χ4v) is 5.60. The lowest BCUT2D eigenvalue weighted by Gasteiger charge is -2.51. The smallest absolute Gasteiger partial charge is 0.255 e. The molecule has 6 rings (SSSR count). The summed E-state index contributed by atoms with van der Waals surface area (Å²) in [6, 6.07) is 12.4. The van der Waals surface area contributed by atoms with E-state index in [9.17, 15) is 4.79 Å². The zero-order chi connectivity index (χ0) is 19.3. The van der Waals surface area contributed by atoms with Crippen LogP contribution in [0.4, 0.5) is 5.82 Å². The lowest BCUT2D eigenvalue weighted by molar-refractivity contribution is -0.00351. The first kappa shape index (κ1) is 17.5. The Labute approximate surface area is 165 Å². The van der Waals surface area contributed by atoms with Gasteiger partial charge >= 0.3 is 0 Å². The van der Waals surface area contributed by atoms with E-state index in [1.165, 1.54) is 18.4 Å². The van der Waals surface area contributed by atoms with Gasteiger partial charge in [0.1, 0.15) is 11.6 Å². The van der Waals surface area contributed by atoms with Gasteiger partial charge in [-0.05, 0) is 50.0 Å². The molecule has 2 bridgehead atoms. The number of hydrogen-bond donors (Lipinski definition) is 1. The van der Waals surface area contributed by atoms with Crippen LogP contribution >= 0.6 is 0 Å². The molecule has 1 aromatic heterocycles. The number of rotatable bonds is 3. The minimum Gasteiger partial charge on any atom is -0.496 e. The van der Waals surface area contributed by atoms with Crippen molar-refractivity contribution >= 4 is 11.7 Å². The van der Waals surface area contributed by atoms with Crippen molar-refractivity contribution in [3.63, 3.8) is 0 Å². The first-order valence-electron chi connectivity index (χ1n) is 10.1. The molecule has 0 radical (unpaired) electrons. The molecule has 6 heteroatoms. The molecule has 4 fully saturated rings. The number of anilines is 1. The van der Waals surface area contributed by atoms with Gasteiger partial charge in [0.05, 0.1) is 18.7 Å². The van der Waals surface area contributed by atoms with E-state index in [-0.39, 0.29) is 17.9 Å². The largest absolute Gasteiger partial charge is 0.496 e. The summed E-state index contributed by atoms with van der Waals surface area (Å²) in [5.74, 6) is 2.24. The molecule has 1 aromatic carbocycles. The minimum absolute atomic E-state index is 0.0636. The van der Waals surface area contributed by atoms with Gasteiger partial charge in [0.25, 0.3) is 5.91 Å². The zero-order valence-corrected chi connectivity index (χ0v) is 16.1. The molecule has 0 spiro atoms. The van der Waals surface area contributed by atoms with Gasteiger partial charge in [-0.25, -0.2) is 4.98 Å². The van der Waals surface area contributed by atoms with E-state index in [0.29, 0.717) is 29.9 Å². The average Bonchev–Trinajstić information content (AvgIpc) is 3.17. The summed E-state index contributed by atoms with van der Waals surface area (Å²) in [7, 11) is 1.72. The van der Waals surface area contributed by atoms with Gasteiger partial charge in [-0.3, -0.25) is 9.69 Å². The van der Waals surface area contributed by atoms with E-state index in [2.05, 4.69) is 26.9 Å². The van der Waals surface area contributed by atoms with E-state index in [1.54, 1.807) is 25.4 Å². The molecule has 5 heterocycles. The fraction of sp³-hybridized carbons (Fsp3) is 0.455. The maximum Gasteiger partial charge on any atom is 0.255 e. The van der Waals surface area contributed by atoms with Gasteiger partial charge in [0.15, 0.2) is 0 Å². The second-order valence-corrected chi connectivity index (χ2v) is 8.13. The van der Waals surface area contributed by atoms with Crippen LogP contribution in [0.5, 0.6) is 5.75 Å². The topological polar surface area (TPSA) is 71.7 Å². The molecule has 146 valence electrons. The van der Waals surface area contributed by atoms with Crippen LogP contribution < -0.4 is 10.5 Å². The predicted octanol–water partition coefficient (Wildman–Crippen LogP) is 2.37. The van der Waals surface area contributed by atoms with Crippen LogP contribution in [0.2, 0.25) is 0 Å². The molecule has 6 nitrogen and oxygen atoms in total. The van der Waals surface area contributed by atoms with Crippen molar-refractivity contribution in [2.45, 2.75) is 30.8 Å². The summed E-state index contributed by atoms with van der Waals surface area (Å²) < 4.78 is 5.67. The van der Waals surface area contributed by atoms with Crippen LogP contribution in [0.15, 0.2) is 42.6 Å². The van der Waals surface area contributed by atoms with Crippen molar-refractivity contribution in [1.82, 2.24) is 14.8 Å². The van der Waals surface area contributed by atoms with E-state index in [0.717, 1.165) is 18.8 Å². The molecule has 3 atom stereocenters. The number of methoxy groups -OCH3 is 1. The number of likely N-dealkylation sites (tertiary alicyclic amines) is 1. The summed E-state index contributed by atoms with van der Waals surface area (Å²) in [6.45, 7) is 2.97. The average molecular weight is 378 g/mol. The SMILES string of the molecule is COc1ccccc1[C@@H]1CN(C(=O)c2ccc(N)nc2)[C@H]2C3CCN(CC3)[C@@H]12. The monoisotopic (exact) mass is 378 g/mol. The number of piperidine rings is 3. The summed E-state index contributed by atoms with van der Waals surface area (Å²) in [5.41, 5.74) is 7.53. The van der Waals surface area contributed by atoms with E-state index < -0.39 is 0 Å². The van der Waals surface area contributed by atoms with Gasteiger partial charge in [-0.1, -0.05) is 18.2 Å². The van der Waals surface area contributed by atoms with Crippen molar-refractivity contribution in [1.29, 1.82) is 0 Å². The molecule has 28 heavy (non-hydrogen) atoms. The summed E-state index contributed by atoms with van der Waals surface area (Å²) in [5, 5.41) is 0. The summed E-state index contributed by atoms with van der Waals surface area (Å²) >= 11 is 0. The van der Waals surface area contributed by atoms with Crippen LogP contribution in [0.3, 0.4) is 0 Å². The molecular weight excluding hydrogens is 352 g/mol. The van der Waals surface area contributed by atoms with Crippen molar-refractivity contribution < 1.29 is 9.53 Å². The van der Waals surface area contributed by atoms with Crippen LogP contribution in [0, 0.1) is 5.92 Å². The third-order valence-corrected chi connectivity index (χ3v) is 6.83. The summed E-state index contributed by atoms with van der Waals surface area (Å²) in [6.07, 6.45) is 3.94. The highest BCUT2D eigenvalue weighted by Crippen LogP contribution is 2.48. The first-order valence-corrected chi connectivity index (χ1v) is 10.1. The molecule has 0 unspecified atom stereocenters. The molecule has 1 amide bonds. The normalized spacial score (nSPS) is 30.9. The Morgan fingerprint density at radius 2 is 1.93 bits per heavy atom. The maximum absolute atomic E-state index is 13.4. The Kier molecular flexibility index (Phi) is 4.23. The lowest BCUT2D eigenvalue weighted by atomic mass is 9.75. The number of benzene rings is 1. The number of fused-ring (bicyclic) bond motifs is 2. The highest BCUT2D eigenvalue weighted by atomic mass is 16.5. The van der Waals surface area contributed by atoms with Gasteiger partial charge in [-0.15, -0.1) is 0 Å². The van der Waals surface area contributed by atoms with Gasteiger partial charge in [0.2, 0.25) is 0 Å². The van der Waals surface area contributed by atoms with Gasteiger partial charge in [-0.2, -0.15) is 0 Å². The molecule has 4 aliphatic rings. The van der Waals surface area contributed by atoms with Crippen LogP contribution in [0.25, 0.3) is 0 Å². The Hall–Kier alpha value is -2.60. The number of para-hydroxylation sites is 1. The molecule has 4 saturated heterocycles. The third-order valence-electron chi connectivity index (χ3n) is 6.83. The maximum atomic E-state index is 13.4. The number of ether oxygens (including phenoxy) is 1. The Morgan fingerprint density at radius 1 is 1.14 bits per heavy atom. The number of amides is 1. The number of nitrogens with zero attached hydrogens (tertiary/aromatic N) is 3. The van der Waals surface area contributed by atoms with Gasteiger partial charge < -0.3 is 15.4 Å². The molecule has 2 aromatic rings. The van der Waals surface area contributed by atoms with Crippen LogP contribution in [-0.2, 0) is 0 Å².